The van der Waals surface area contributed by atoms with Crippen molar-refractivity contribution in [1.82, 2.24) is 10.9 Å². The maximum atomic E-state index is 13.1. The van der Waals surface area contributed by atoms with Gasteiger partial charge in [0.25, 0.3) is 0 Å². The standard InChI is InChI=1S/C25H42N2O3/c1-18(2)16-22(23(28)27-26-17-19(3)4)21(24(29)30-25(5,6)7)15-11-14-20-12-9-8-10-13-20/h8-10,12-13,18-19,21-22,26H,11,14-17H2,1-7H3,(H,27,28)/t21?,22-/m1/s1. The second-order valence-corrected chi connectivity index (χ2v) is 10.0. The molecule has 2 atom stereocenters. The van der Waals surface area contributed by atoms with E-state index in [0.717, 1.165) is 12.8 Å². The van der Waals surface area contributed by atoms with Crippen LogP contribution in [0.4, 0.5) is 0 Å². The molecular weight excluding hydrogens is 376 g/mol. The zero-order chi connectivity index (χ0) is 22.7. The molecule has 0 bridgehead atoms. The van der Waals surface area contributed by atoms with Crippen LogP contribution in [0.15, 0.2) is 30.3 Å². The summed E-state index contributed by atoms with van der Waals surface area (Å²) < 4.78 is 5.72. The van der Waals surface area contributed by atoms with Gasteiger partial charge in [0.2, 0.25) is 5.91 Å². The number of ether oxygens (including phenoxy) is 1. The minimum absolute atomic E-state index is 0.125. The van der Waals surface area contributed by atoms with Crippen LogP contribution in [0.25, 0.3) is 0 Å². The predicted molar refractivity (Wildman–Crippen MR) is 123 cm³/mol. The highest BCUT2D eigenvalue weighted by Gasteiger charge is 2.36. The Morgan fingerprint density at radius 1 is 0.967 bits per heavy atom. The van der Waals surface area contributed by atoms with Crippen molar-refractivity contribution in [2.24, 2.45) is 23.7 Å². The molecule has 0 radical (unpaired) electrons. The first-order valence-electron chi connectivity index (χ1n) is 11.3. The summed E-state index contributed by atoms with van der Waals surface area (Å²) >= 11 is 0. The lowest BCUT2D eigenvalue weighted by Gasteiger charge is -2.30. The molecule has 1 unspecified atom stereocenters. The van der Waals surface area contributed by atoms with E-state index in [0.29, 0.717) is 31.2 Å². The fourth-order valence-electron chi connectivity index (χ4n) is 3.43. The number of nitrogens with one attached hydrogen (secondary N) is 2. The second kappa shape index (κ2) is 12.7. The van der Waals surface area contributed by atoms with E-state index in [9.17, 15) is 9.59 Å². The van der Waals surface area contributed by atoms with Crippen molar-refractivity contribution < 1.29 is 14.3 Å². The number of carbonyl (C=O) groups is 2. The Morgan fingerprint density at radius 3 is 2.13 bits per heavy atom. The van der Waals surface area contributed by atoms with Gasteiger partial charge in [-0.2, -0.15) is 0 Å². The molecule has 0 aliphatic carbocycles. The van der Waals surface area contributed by atoms with E-state index in [2.05, 4.69) is 50.7 Å². The molecule has 1 rings (SSSR count). The summed E-state index contributed by atoms with van der Waals surface area (Å²) in [6.45, 7) is 14.6. The van der Waals surface area contributed by atoms with Gasteiger partial charge in [0.15, 0.2) is 0 Å². The fourth-order valence-corrected chi connectivity index (χ4v) is 3.43. The van der Waals surface area contributed by atoms with Gasteiger partial charge in [0.1, 0.15) is 5.60 Å². The van der Waals surface area contributed by atoms with E-state index in [1.165, 1.54) is 5.56 Å². The number of amides is 1. The van der Waals surface area contributed by atoms with Gasteiger partial charge in [-0.15, -0.1) is 0 Å². The van der Waals surface area contributed by atoms with Gasteiger partial charge in [-0.25, -0.2) is 5.43 Å². The lowest BCUT2D eigenvalue weighted by molar-refractivity contribution is -0.164. The Kier molecular flexibility index (Phi) is 11.1. The third-order valence-corrected chi connectivity index (χ3v) is 4.80. The van der Waals surface area contributed by atoms with Crippen LogP contribution in [0.2, 0.25) is 0 Å². The summed E-state index contributed by atoms with van der Waals surface area (Å²) in [7, 11) is 0. The van der Waals surface area contributed by atoms with Crippen molar-refractivity contribution in [2.75, 3.05) is 6.54 Å². The van der Waals surface area contributed by atoms with E-state index in [1.807, 2.05) is 39.0 Å². The van der Waals surface area contributed by atoms with Crippen LogP contribution in [-0.2, 0) is 20.7 Å². The molecule has 0 saturated carbocycles. The summed E-state index contributed by atoms with van der Waals surface area (Å²) in [5, 5.41) is 0. The molecule has 0 saturated heterocycles. The highest BCUT2D eigenvalue weighted by molar-refractivity contribution is 5.85. The van der Waals surface area contributed by atoms with Crippen molar-refractivity contribution in [3.63, 3.8) is 0 Å². The summed E-state index contributed by atoms with van der Waals surface area (Å²) in [6, 6.07) is 10.2. The molecule has 2 N–H and O–H groups in total. The van der Waals surface area contributed by atoms with Crippen LogP contribution >= 0.6 is 0 Å². The van der Waals surface area contributed by atoms with Crippen molar-refractivity contribution in [2.45, 2.75) is 79.8 Å². The van der Waals surface area contributed by atoms with E-state index in [4.69, 9.17) is 4.74 Å². The first-order valence-corrected chi connectivity index (χ1v) is 11.3. The van der Waals surface area contributed by atoms with Crippen molar-refractivity contribution in [3.05, 3.63) is 35.9 Å². The molecule has 5 nitrogen and oxygen atoms in total. The largest absolute Gasteiger partial charge is 0.460 e. The van der Waals surface area contributed by atoms with Gasteiger partial charge in [-0.1, -0.05) is 58.0 Å². The highest BCUT2D eigenvalue weighted by Crippen LogP contribution is 2.28. The van der Waals surface area contributed by atoms with Gasteiger partial charge in [0.05, 0.1) is 11.8 Å². The van der Waals surface area contributed by atoms with Gasteiger partial charge in [-0.05, 0) is 63.9 Å². The Balaban J connectivity index is 2.95. The average Bonchev–Trinajstić information content (AvgIpc) is 2.62. The minimum atomic E-state index is -0.580. The van der Waals surface area contributed by atoms with Gasteiger partial charge in [0, 0.05) is 6.54 Å². The minimum Gasteiger partial charge on any atom is -0.460 e. The van der Waals surface area contributed by atoms with Crippen LogP contribution in [0.1, 0.15) is 73.3 Å². The van der Waals surface area contributed by atoms with Crippen molar-refractivity contribution in [1.29, 1.82) is 0 Å². The van der Waals surface area contributed by atoms with Crippen LogP contribution in [0.5, 0.6) is 0 Å². The quantitative estimate of drug-likeness (QED) is 0.374. The molecule has 5 heteroatoms. The number of esters is 1. The maximum Gasteiger partial charge on any atom is 0.310 e. The SMILES string of the molecule is CC(C)CNNC(=O)[C@H](CC(C)C)C(CCCc1ccccc1)C(=O)OC(C)(C)C. The highest BCUT2D eigenvalue weighted by atomic mass is 16.6. The first-order chi connectivity index (χ1) is 14.0. The van der Waals surface area contributed by atoms with E-state index >= 15 is 0 Å². The number of hydrazine groups is 1. The normalized spacial score (nSPS) is 13.9. The van der Waals surface area contributed by atoms with Crippen molar-refractivity contribution in [3.8, 4) is 0 Å². The fraction of sp³-hybridized carbons (Fsp3) is 0.680. The average molecular weight is 419 g/mol. The number of hydrogen-bond acceptors (Lipinski definition) is 4. The second-order valence-electron chi connectivity index (χ2n) is 10.0. The van der Waals surface area contributed by atoms with Crippen molar-refractivity contribution >= 4 is 11.9 Å². The number of aryl methyl sites for hydroxylation is 1. The Hall–Kier alpha value is -1.88. The Bertz CT molecular complexity index is 636. The van der Waals surface area contributed by atoms with Gasteiger partial charge >= 0.3 is 5.97 Å². The first kappa shape index (κ1) is 26.2. The number of benzene rings is 1. The predicted octanol–water partition coefficient (Wildman–Crippen LogP) is 4.91. The summed E-state index contributed by atoms with van der Waals surface area (Å²) in [4.78, 5) is 26.1. The molecule has 30 heavy (non-hydrogen) atoms. The number of rotatable bonds is 12. The van der Waals surface area contributed by atoms with Gasteiger partial charge < -0.3 is 4.74 Å². The third kappa shape index (κ3) is 10.8. The maximum absolute atomic E-state index is 13.1. The van der Waals surface area contributed by atoms with Crippen LogP contribution < -0.4 is 10.9 Å². The molecule has 0 aliphatic rings. The molecule has 0 aromatic heterocycles. The smallest absolute Gasteiger partial charge is 0.310 e. The molecule has 1 aromatic carbocycles. The van der Waals surface area contributed by atoms with Crippen LogP contribution in [0.3, 0.4) is 0 Å². The Morgan fingerprint density at radius 2 is 1.60 bits per heavy atom. The molecule has 170 valence electrons. The van der Waals surface area contributed by atoms with E-state index in [-0.39, 0.29) is 11.9 Å². The van der Waals surface area contributed by atoms with Crippen LogP contribution in [-0.4, -0.2) is 24.0 Å². The molecular formula is C25H42N2O3. The molecule has 0 fully saturated rings. The lowest BCUT2D eigenvalue weighted by atomic mass is 9.81. The monoisotopic (exact) mass is 418 g/mol. The number of hydrogen-bond donors (Lipinski definition) is 2. The topological polar surface area (TPSA) is 67.4 Å². The summed E-state index contributed by atoms with van der Waals surface area (Å²) in [5.74, 6) is -0.571. The lowest BCUT2D eigenvalue weighted by Crippen LogP contribution is -2.47. The zero-order valence-electron chi connectivity index (χ0n) is 20.0. The molecule has 1 amide bonds. The van der Waals surface area contributed by atoms with E-state index < -0.39 is 17.4 Å². The molecule has 0 spiro atoms. The van der Waals surface area contributed by atoms with Gasteiger partial charge in [-0.3, -0.25) is 15.0 Å². The summed E-state index contributed by atoms with van der Waals surface area (Å²) in [6.07, 6.45) is 2.97. The van der Waals surface area contributed by atoms with Crippen LogP contribution in [0, 0.1) is 23.7 Å². The molecule has 0 heterocycles. The zero-order valence-corrected chi connectivity index (χ0v) is 20.0. The third-order valence-electron chi connectivity index (χ3n) is 4.80. The molecule has 1 aromatic rings. The number of carbonyl (C=O) groups excluding carboxylic acids is 2. The van der Waals surface area contributed by atoms with E-state index in [1.54, 1.807) is 0 Å². The molecule has 0 aliphatic heterocycles. The Labute approximate surface area is 183 Å². The summed E-state index contributed by atoms with van der Waals surface area (Å²) in [5.41, 5.74) is 6.50.